The summed E-state index contributed by atoms with van der Waals surface area (Å²) >= 11 is 0. The van der Waals surface area contributed by atoms with Gasteiger partial charge in [-0.05, 0) is 0 Å². The molecule has 3 nitrogen and oxygen atoms in total. The first-order chi connectivity index (χ1) is 2.81. The highest BCUT2D eigenvalue weighted by Gasteiger charge is 1.79. The second-order valence-electron chi connectivity index (χ2n) is 0.658. The van der Waals surface area contributed by atoms with Crippen LogP contribution in [0.1, 0.15) is 0 Å². The van der Waals surface area contributed by atoms with Crippen molar-refractivity contribution in [2.45, 2.75) is 0 Å². The minimum atomic E-state index is 0.215. The first-order valence-electron chi connectivity index (χ1n) is 1.25. The van der Waals surface area contributed by atoms with Crippen LogP contribution in [-0.2, 0) is 9.59 Å². The topological polar surface area (TPSA) is 37.4 Å². The predicted octanol–water partition coefficient (Wildman–Crippen LogP) is -1.32. The molecule has 0 aliphatic heterocycles. The van der Waals surface area contributed by atoms with E-state index in [2.05, 4.69) is 7.98 Å². The highest BCUT2D eigenvalue weighted by Crippen LogP contribution is 1.53. The van der Waals surface area contributed by atoms with Gasteiger partial charge in [-0.3, -0.25) is 9.59 Å². The molecule has 0 spiro atoms. The van der Waals surface area contributed by atoms with E-state index in [4.69, 9.17) is 0 Å². The number of carbonyl (C=O) groups is 2. The maximum atomic E-state index is 9.31. The summed E-state index contributed by atoms with van der Waals surface area (Å²) < 4.78 is 0. The third-order valence-electron chi connectivity index (χ3n) is 0.243. The van der Waals surface area contributed by atoms with E-state index in [1.165, 1.54) is 0 Å². The molecule has 0 aliphatic rings. The molecule has 0 rings (SSSR count). The molecule has 0 N–H and O–H groups in total. The zero-order valence-electron chi connectivity index (χ0n) is 3.00. The van der Waals surface area contributed by atoms with Crippen LogP contribution in [0.25, 0.3) is 0 Å². The highest BCUT2D eigenvalue weighted by atomic mass is 16.2. The van der Waals surface area contributed by atoms with Gasteiger partial charge < -0.3 is 4.81 Å². The van der Waals surface area contributed by atoms with Gasteiger partial charge in [0.05, 0.1) is 0 Å². The van der Waals surface area contributed by atoms with Gasteiger partial charge in [-0.1, -0.05) is 0 Å². The smallest absolute Gasteiger partial charge is 0.241 e. The molecule has 0 unspecified atom stereocenters. The maximum Gasteiger partial charge on any atom is 0.241 e. The van der Waals surface area contributed by atoms with Gasteiger partial charge in [-0.2, -0.15) is 0 Å². The number of hydrogen-bond acceptors (Lipinski definition) is 2. The predicted molar refractivity (Wildman–Crippen MR) is 19.7 cm³/mol. The van der Waals surface area contributed by atoms with Gasteiger partial charge in [0.25, 0.3) is 0 Å². The Labute approximate surface area is 36.4 Å². The summed E-state index contributed by atoms with van der Waals surface area (Å²) in [4.78, 5) is 19.0. The van der Waals surface area contributed by atoms with Gasteiger partial charge in [0, 0.05) is 0 Å². The standard InChI is InChI=1S/C2H2BNO2/c3-4(1-5)2-6/h1-2H. The number of nitrogens with zero attached hydrogens (tertiary/aromatic N) is 1. The lowest BCUT2D eigenvalue weighted by atomic mass is 10.4. The van der Waals surface area contributed by atoms with Gasteiger partial charge >= 0.3 is 0 Å². The van der Waals surface area contributed by atoms with Crippen molar-refractivity contribution in [3.63, 3.8) is 0 Å². The van der Waals surface area contributed by atoms with Crippen LogP contribution in [0.5, 0.6) is 0 Å². The van der Waals surface area contributed by atoms with Gasteiger partial charge in [-0.25, -0.2) is 0 Å². The zero-order valence-corrected chi connectivity index (χ0v) is 3.00. The molecular formula is C2H2BNO2. The van der Waals surface area contributed by atoms with Gasteiger partial charge in [0.2, 0.25) is 20.8 Å². The molecule has 0 saturated heterocycles. The quantitative estimate of drug-likeness (QED) is 0.307. The summed E-state index contributed by atoms with van der Waals surface area (Å²) in [5.41, 5.74) is 0. The van der Waals surface area contributed by atoms with Crippen LogP contribution in [0, 0.1) is 0 Å². The third-order valence-corrected chi connectivity index (χ3v) is 0.243. The third kappa shape index (κ3) is 1.52. The first-order valence-corrected chi connectivity index (χ1v) is 1.25. The van der Waals surface area contributed by atoms with Crippen LogP contribution >= 0.6 is 0 Å². The van der Waals surface area contributed by atoms with Crippen molar-refractivity contribution in [2.24, 2.45) is 0 Å². The van der Waals surface area contributed by atoms with E-state index in [0.29, 0.717) is 4.81 Å². The Hall–Kier alpha value is -0.795. The Morgan fingerprint density at radius 1 is 1.33 bits per heavy atom. The number of carbonyl (C=O) groups excluding carboxylic acids is 2. The van der Waals surface area contributed by atoms with E-state index < -0.39 is 0 Å². The Kier molecular flexibility index (Phi) is 2.12. The van der Waals surface area contributed by atoms with Gasteiger partial charge in [-0.15, -0.1) is 0 Å². The van der Waals surface area contributed by atoms with Crippen LogP contribution in [0.4, 0.5) is 0 Å². The molecule has 0 saturated carbocycles. The Morgan fingerprint density at radius 3 is 1.67 bits per heavy atom. The highest BCUT2D eigenvalue weighted by molar-refractivity contribution is 6.16. The normalized spacial score (nSPS) is 6.67. The van der Waals surface area contributed by atoms with E-state index in [1.807, 2.05) is 0 Å². The molecule has 0 aromatic carbocycles. The fourth-order valence-electron chi connectivity index (χ4n) is 0.0248. The molecule has 0 fully saturated rings. The summed E-state index contributed by atoms with van der Waals surface area (Å²) in [6.07, 6.45) is 0.431. The molecule has 4 heteroatoms. The Morgan fingerprint density at radius 2 is 1.67 bits per heavy atom. The molecule has 0 aliphatic carbocycles. The molecule has 0 bridgehead atoms. The molecule has 2 radical (unpaired) electrons. The lowest BCUT2D eigenvalue weighted by Gasteiger charge is -1.91. The van der Waals surface area contributed by atoms with Crippen LogP contribution in [-0.4, -0.2) is 25.6 Å². The summed E-state index contributed by atoms with van der Waals surface area (Å²) in [6, 6.07) is 0. The molecular weight excluding hydrogens is 80.8 g/mol. The SMILES string of the molecule is [B]N(C=O)C=O. The van der Waals surface area contributed by atoms with Crippen LogP contribution in [0.15, 0.2) is 0 Å². The minimum Gasteiger partial charge on any atom is -0.346 e. The fourth-order valence-corrected chi connectivity index (χ4v) is 0.0248. The lowest BCUT2D eigenvalue weighted by molar-refractivity contribution is -0.124. The molecule has 0 aromatic heterocycles. The molecule has 30 valence electrons. The summed E-state index contributed by atoms with van der Waals surface area (Å²) in [7, 11) is 4.57. The molecule has 0 heterocycles. The van der Waals surface area contributed by atoms with Gasteiger partial charge in [0.1, 0.15) is 0 Å². The summed E-state index contributed by atoms with van der Waals surface area (Å²) in [5.74, 6) is 0. The van der Waals surface area contributed by atoms with Crippen molar-refractivity contribution < 1.29 is 9.59 Å². The Bertz CT molecular complexity index is 56.6. The van der Waals surface area contributed by atoms with Crippen molar-refractivity contribution in [3.05, 3.63) is 0 Å². The summed E-state index contributed by atoms with van der Waals surface area (Å²) in [6.45, 7) is 0. The van der Waals surface area contributed by atoms with Crippen LogP contribution in [0.2, 0.25) is 0 Å². The average Bonchev–Trinajstić information content (AvgIpc) is 1.65. The molecule has 0 atom stereocenters. The maximum absolute atomic E-state index is 9.31. The number of imide groups is 1. The number of amides is 2. The van der Waals surface area contributed by atoms with Crippen molar-refractivity contribution in [1.82, 2.24) is 4.81 Å². The van der Waals surface area contributed by atoms with Gasteiger partial charge in [0.15, 0.2) is 0 Å². The van der Waals surface area contributed by atoms with E-state index >= 15 is 0 Å². The molecule has 6 heavy (non-hydrogen) atoms. The largest absolute Gasteiger partial charge is 0.346 e. The fraction of sp³-hybridized carbons (Fsp3) is 0. The number of hydrogen-bond donors (Lipinski definition) is 0. The molecule has 2 amide bonds. The second-order valence-corrected chi connectivity index (χ2v) is 0.658. The lowest BCUT2D eigenvalue weighted by Crippen LogP contribution is -2.13. The summed E-state index contributed by atoms with van der Waals surface area (Å²) in [5, 5.41) is 0. The van der Waals surface area contributed by atoms with Crippen LogP contribution < -0.4 is 0 Å². The zero-order chi connectivity index (χ0) is 4.99. The van der Waals surface area contributed by atoms with Crippen molar-refractivity contribution in [2.75, 3.05) is 0 Å². The molecule has 0 aromatic rings. The minimum absolute atomic E-state index is 0.215. The van der Waals surface area contributed by atoms with Crippen molar-refractivity contribution in [1.29, 1.82) is 0 Å². The monoisotopic (exact) mass is 83.0 g/mol. The Balaban J connectivity index is 3.21. The first kappa shape index (κ1) is 5.20. The van der Waals surface area contributed by atoms with E-state index in [1.54, 1.807) is 0 Å². The van der Waals surface area contributed by atoms with Crippen molar-refractivity contribution in [3.8, 4) is 0 Å². The van der Waals surface area contributed by atoms with E-state index in [9.17, 15) is 9.59 Å². The van der Waals surface area contributed by atoms with E-state index in [0.717, 1.165) is 0 Å². The van der Waals surface area contributed by atoms with E-state index in [-0.39, 0.29) is 12.8 Å². The van der Waals surface area contributed by atoms with Crippen molar-refractivity contribution >= 4 is 20.8 Å². The average molecular weight is 82.9 g/mol. The number of rotatable bonds is 2. The second kappa shape index (κ2) is 2.44. The van der Waals surface area contributed by atoms with Crippen LogP contribution in [0.3, 0.4) is 0 Å².